The topological polar surface area (TPSA) is 52.1 Å². The summed E-state index contributed by atoms with van der Waals surface area (Å²) < 4.78 is 7.01. The van der Waals surface area contributed by atoms with Crippen LogP contribution in [0.2, 0.25) is 0 Å². The first-order valence-corrected chi connectivity index (χ1v) is 9.04. The summed E-state index contributed by atoms with van der Waals surface area (Å²) in [5, 5.41) is 0. The number of hydrogen-bond acceptors (Lipinski definition) is 4. The highest BCUT2D eigenvalue weighted by Crippen LogP contribution is 2.39. The Bertz CT molecular complexity index is 1110. The number of hydrogen-bond donors (Lipinski definition) is 0. The number of ether oxygens (including phenoxy) is 1. The Kier molecular flexibility index (Phi) is 4.23. The first-order valence-electron chi connectivity index (χ1n) is 7.45. The SMILES string of the molecule is O=C(Oc1c(Br)c(Br)cc2nc3ccccc3nc12)c1ccccc1. The van der Waals surface area contributed by atoms with Gasteiger partial charge in [-0.15, -0.1) is 0 Å². The number of nitrogens with zero attached hydrogens (tertiary/aromatic N) is 2. The van der Waals surface area contributed by atoms with Gasteiger partial charge in [0.1, 0.15) is 5.52 Å². The van der Waals surface area contributed by atoms with Gasteiger partial charge >= 0.3 is 5.97 Å². The number of carbonyl (C=O) groups is 1. The Morgan fingerprint density at radius 3 is 2.20 bits per heavy atom. The molecule has 4 aromatic rings. The number of rotatable bonds is 2. The second-order valence-corrected chi connectivity index (χ2v) is 6.98. The summed E-state index contributed by atoms with van der Waals surface area (Å²) in [5.74, 6) is -0.105. The lowest BCUT2D eigenvalue weighted by atomic mass is 10.2. The third-order valence-electron chi connectivity index (χ3n) is 3.69. The summed E-state index contributed by atoms with van der Waals surface area (Å²) >= 11 is 6.95. The summed E-state index contributed by atoms with van der Waals surface area (Å²) in [4.78, 5) is 21.7. The standard InChI is InChI=1S/C19H10Br2N2O2/c20-12-10-15-17(23-14-9-5-4-8-13(14)22-15)18(16(12)21)25-19(24)11-6-2-1-3-7-11/h1-10H. The van der Waals surface area contributed by atoms with Crippen molar-refractivity contribution >= 4 is 59.9 Å². The monoisotopic (exact) mass is 456 g/mol. The number of esters is 1. The van der Waals surface area contributed by atoms with Crippen LogP contribution in [0.5, 0.6) is 5.75 Å². The third-order valence-corrected chi connectivity index (χ3v) is 5.63. The van der Waals surface area contributed by atoms with Gasteiger partial charge in [0, 0.05) is 4.47 Å². The minimum atomic E-state index is -0.448. The molecular weight excluding hydrogens is 448 g/mol. The fourth-order valence-electron chi connectivity index (χ4n) is 2.50. The van der Waals surface area contributed by atoms with E-state index in [1.807, 2.05) is 36.4 Å². The van der Waals surface area contributed by atoms with Crippen LogP contribution >= 0.6 is 31.9 Å². The minimum Gasteiger partial charge on any atom is -0.419 e. The quantitative estimate of drug-likeness (QED) is 0.225. The van der Waals surface area contributed by atoms with E-state index in [2.05, 4.69) is 41.8 Å². The van der Waals surface area contributed by atoms with Gasteiger partial charge in [-0.2, -0.15) is 0 Å². The largest absolute Gasteiger partial charge is 0.419 e. The molecule has 1 heterocycles. The highest BCUT2D eigenvalue weighted by atomic mass is 79.9. The second-order valence-electron chi connectivity index (χ2n) is 5.34. The van der Waals surface area contributed by atoms with E-state index in [1.165, 1.54) is 0 Å². The fourth-order valence-corrected chi connectivity index (χ4v) is 3.28. The van der Waals surface area contributed by atoms with E-state index in [9.17, 15) is 4.79 Å². The maximum absolute atomic E-state index is 12.5. The van der Waals surface area contributed by atoms with Crippen LogP contribution in [0.15, 0.2) is 69.6 Å². The van der Waals surface area contributed by atoms with Gasteiger partial charge < -0.3 is 4.74 Å². The number of halogens is 2. The number of carbonyl (C=O) groups excluding carboxylic acids is 1. The molecule has 0 aliphatic rings. The van der Waals surface area contributed by atoms with E-state index in [0.29, 0.717) is 26.8 Å². The summed E-state index contributed by atoms with van der Waals surface area (Å²) in [6.07, 6.45) is 0. The van der Waals surface area contributed by atoms with Crippen molar-refractivity contribution in [1.29, 1.82) is 0 Å². The molecule has 25 heavy (non-hydrogen) atoms. The van der Waals surface area contributed by atoms with E-state index in [4.69, 9.17) is 4.74 Å². The molecule has 0 fully saturated rings. The fraction of sp³-hybridized carbons (Fsp3) is 0. The Balaban J connectivity index is 1.90. The van der Waals surface area contributed by atoms with Crippen LogP contribution in [-0.4, -0.2) is 15.9 Å². The summed E-state index contributed by atoms with van der Waals surface area (Å²) in [5.41, 5.74) is 3.16. The molecule has 1 aromatic heterocycles. The second kappa shape index (κ2) is 6.54. The van der Waals surface area contributed by atoms with Crippen molar-refractivity contribution in [3.8, 4) is 5.75 Å². The van der Waals surface area contributed by atoms with Gasteiger partial charge in [0.15, 0.2) is 5.75 Å². The lowest BCUT2D eigenvalue weighted by Crippen LogP contribution is -2.09. The number of para-hydroxylation sites is 2. The lowest BCUT2D eigenvalue weighted by Gasteiger charge is -2.11. The van der Waals surface area contributed by atoms with Gasteiger partial charge in [-0.05, 0) is 62.2 Å². The molecule has 4 nitrogen and oxygen atoms in total. The van der Waals surface area contributed by atoms with Gasteiger partial charge in [-0.25, -0.2) is 14.8 Å². The Labute approximate surface area is 160 Å². The van der Waals surface area contributed by atoms with Crippen molar-refractivity contribution < 1.29 is 9.53 Å². The maximum Gasteiger partial charge on any atom is 0.343 e. The predicted octanol–water partition coefficient (Wildman–Crippen LogP) is 5.53. The number of fused-ring (bicyclic) bond motifs is 2. The van der Waals surface area contributed by atoms with Crippen molar-refractivity contribution in [3.63, 3.8) is 0 Å². The summed E-state index contributed by atoms with van der Waals surface area (Å²) in [7, 11) is 0. The molecule has 0 bridgehead atoms. The Hall–Kier alpha value is -2.31. The Morgan fingerprint density at radius 1 is 0.840 bits per heavy atom. The van der Waals surface area contributed by atoms with E-state index < -0.39 is 5.97 Å². The molecule has 0 saturated heterocycles. The average Bonchev–Trinajstić information content (AvgIpc) is 2.64. The van der Waals surface area contributed by atoms with Crippen LogP contribution in [0.4, 0.5) is 0 Å². The van der Waals surface area contributed by atoms with Gasteiger partial charge in [-0.3, -0.25) is 0 Å². The molecule has 0 N–H and O–H groups in total. The molecule has 0 atom stereocenters. The van der Waals surface area contributed by atoms with Crippen LogP contribution in [0, 0.1) is 0 Å². The van der Waals surface area contributed by atoms with Gasteiger partial charge in [0.05, 0.1) is 26.6 Å². The lowest BCUT2D eigenvalue weighted by molar-refractivity contribution is 0.0735. The minimum absolute atomic E-state index is 0.344. The van der Waals surface area contributed by atoms with Crippen LogP contribution in [-0.2, 0) is 0 Å². The first kappa shape index (κ1) is 16.2. The van der Waals surface area contributed by atoms with Crippen molar-refractivity contribution in [1.82, 2.24) is 9.97 Å². The van der Waals surface area contributed by atoms with Crippen molar-refractivity contribution in [2.75, 3.05) is 0 Å². The van der Waals surface area contributed by atoms with Crippen molar-refractivity contribution in [3.05, 3.63) is 75.2 Å². The molecule has 0 saturated carbocycles. The molecule has 4 rings (SSSR count). The van der Waals surface area contributed by atoms with Crippen molar-refractivity contribution in [2.45, 2.75) is 0 Å². The molecule has 6 heteroatoms. The van der Waals surface area contributed by atoms with Gasteiger partial charge in [0.25, 0.3) is 0 Å². The highest BCUT2D eigenvalue weighted by molar-refractivity contribution is 9.13. The zero-order valence-electron chi connectivity index (χ0n) is 12.7. The van der Waals surface area contributed by atoms with E-state index in [0.717, 1.165) is 15.5 Å². The molecule has 0 spiro atoms. The average molecular weight is 458 g/mol. The normalized spacial score (nSPS) is 11.0. The smallest absolute Gasteiger partial charge is 0.343 e. The van der Waals surface area contributed by atoms with E-state index in [-0.39, 0.29) is 0 Å². The molecule has 0 amide bonds. The van der Waals surface area contributed by atoms with E-state index >= 15 is 0 Å². The first-order chi connectivity index (χ1) is 12.1. The van der Waals surface area contributed by atoms with Crippen molar-refractivity contribution in [2.24, 2.45) is 0 Å². The highest BCUT2D eigenvalue weighted by Gasteiger charge is 2.18. The van der Waals surface area contributed by atoms with E-state index in [1.54, 1.807) is 24.3 Å². The Morgan fingerprint density at radius 2 is 1.48 bits per heavy atom. The molecule has 0 aliphatic heterocycles. The number of aromatic nitrogens is 2. The summed E-state index contributed by atoms with van der Waals surface area (Å²) in [6, 6.07) is 18.3. The predicted molar refractivity (Wildman–Crippen MR) is 104 cm³/mol. The van der Waals surface area contributed by atoms with Gasteiger partial charge in [0.2, 0.25) is 0 Å². The zero-order chi connectivity index (χ0) is 17.4. The summed E-state index contributed by atoms with van der Waals surface area (Å²) in [6.45, 7) is 0. The van der Waals surface area contributed by atoms with Gasteiger partial charge in [-0.1, -0.05) is 30.3 Å². The van der Waals surface area contributed by atoms with Crippen LogP contribution in [0.25, 0.3) is 22.1 Å². The molecule has 0 radical (unpaired) electrons. The maximum atomic E-state index is 12.5. The van der Waals surface area contributed by atoms with Crippen LogP contribution < -0.4 is 4.74 Å². The molecule has 0 aliphatic carbocycles. The third kappa shape index (κ3) is 3.03. The molecular formula is C19H10Br2N2O2. The zero-order valence-corrected chi connectivity index (χ0v) is 15.9. The molecule has 0 unspecified atom stereocenters. The molecule has 122 valence electrons. The van der Waals surface area contributed by atoms with Crippen LogP contribution in [0.3, 0.4) is 0 Å². The van der Waals surface area contributed by atoms with Crippen LogP contribution in [0.1, 0.15) is 10.4 Å². The number of benzene rings is 3. The molecule has 3 aromatic carbocycles.